The van der Waals surface area contributed by atoms with E-state index >= 15 is 0 Å². The van der Waals surface area contributed by atoms with Crippen molar-refractivity contribution in [3.63, 3.8) is 0 Å². The Morgan fingerprint density at radius 3 is 2.63 bits per heavy atom. The molecule has 4 amide bonds. The fourth-order valence-electron chi connectivity index (χ4n) is 3.99. The molecule has 1 aliphatic carbocycles. The molecular weight excluding hydrogens is 342 g/mol. The number of nitrogens with zero attached hydrogens (tertiary/aromatic N) is 1. The van der Waals surface area contributed by atoms with Crippen LogP contribution in [-0.4, -0.2) is 29.3 Å². The van der Waals surface area contributed by atoms with Gasteiger partial charge in [-0.05, 0) is 36.5 Å². The standard InChI is InChI=1S/C21H21N3O3/c1-14(15-7-3-2-4-8-15)22-18(25)13-24-19(26)21(23-20(24)27)12-11-16-9-5-6-10-17(16)21/h2-10,14H,11-13H2,1H3,(H,22,25)(H,23,27)/t14-,21+/m1/s1. The first-order valence-corrected chi connectivity index (χ1v) is 9.08. The van der Waals surface area contributed by atoms with Gasteiger partial charge in [0.15, 0.2) is 0 Å². The Morgan fingerprint density at radius 1 is 1.15 bits per heavy atom. The second-order valence-electron chi connectivity index (χ2n) is 7.08. The molecule has 6 nitrogen and oxygen atoms in total. The van der Waals surface area contributed by atoms with E-state index in [1.807, 2.05) is 61.5 Å². The largest absolute Gasteiger partial charge is 0.348 e. The molecule has 0 aromatic heterocycles. The highest BCUT2D eigenvalue weighted by Gasteiger charge is 2.55. The third kappa shape index (κ3) is 2.87. The number of urea groups is 1. The van der Waals surface area contributed by atoms with Gasteiger partial charge in [-0.2, -0.15) is 0 Å². The van der Waals surface area contributed by atoms with Crippen molar-refractivity contribution in [1.82, 2.24) is 15.5 Å². The van der Waals surface area contributed by atoms with Crippen molar-refractivity contribution in [2.24, 2.45) is 0 Å². The zero-order chi connectivity index (χ0) is 19.0. The van der Waals surface area contributed by atoms with E-state index in [4.69, 9.17) is 0 Å². The van der Waals surface area contributed by atoms with Gasteiger partial charge in [0.25, 0.3) is 5.91 Å². The van der Waals surface area contributed by atoms with Crippen LogP contribution in [-0.2, 0) is 21.5 Å². The molecule has 0 unspecified atom stereocenters. The average Bonchev–Trinajstić information content (AvgIpc) is 3.16. The minimum absolute atomic E-state index is 0.208. The minimum Gasteiger partial charge on any atom is -0.348 e. The average molecular weight is 363 g/mol. The van der Waals surface area contributed by atoms with E-state index in [2.05, 4.69) is 10.6 Å². The summed E-state index contributed by atoms with van der Waals surface area (Å²) >= 11 is 0. The summed E-state index contributed by atoms with van der Waals surface area (Å²) in [6.07, 6.45) is 1.25. The number of fused-ring (bicyclic) bond motifs is 2. The van der Waals surface area contributed by atoms with E-state index in [0.29, 0.717) is 6.42 Å². The number of aryl methyl sites for hydroxylation is 1. The van der Waals surface area contributed by atoms with E-state index in [9.17, 15) is 14.4 Å². The quantitative estimate of drug-likeness (QED) is 0.818. The Morgan fingerprint density at radius 2 is 1.85 bits per heavy atom. The summed E-state index contributed by atoms with van der Waals surface area (Å²) in [5.74, 6) is -0.710. The lowest BCUT2D eigenvalue weighted by atomic mass is 9.92. The second kappa shape index (κ2) is 6.54. The topological polar surface area (TPSA) is 78.5 Å². The Bertz CT molecular complexity index is 912. The summed E-state index contributed by atoms with van der Waals surface area (Å²) in [5, 5.41) is 5.68. The molecule has 1 spiro atoms. The summed E-state index contributed by atoms with van der Waals surface area (Å²) < 4.78 is 0. The van der Waals surface area contributed by atoms with Crippen LogP contribution in [0.1, 0.15) is 36.1 Å². The molecule has 4 rings (SSSR count). The number of benzene rings is 2. The van der Waals surface area contributed by atoms with Crippen LogP contribution in [0.2, 0.25) is 0 Å². The van der Waals surface area contributed by atoms with Crippen LogP contribution >= 0.6 is 0 Å². The monoisotopic (exact) mass is 363 g/mol. The van der Waals surface area contributed by atoms with Crippen molar-refractivity contribution in [3.05, 3.63) is 71.3 Å². The Kier molecular flexibility index (Phi) is 4.18. The van der Waals surface area contributed by atoms with Crippen molar-refractivity contribution in [2.45, 2.75) is 31.3 Å². The van der Waals surface area contributed by atoms with E-state index in [1.165, 1.54) is 0 Å². The maximum atomic E-state index is 13.1. The normalized spacial score (nSPS) is 21.9. The lowest BCUT2D eigenvalue weighted by Gasteiger charge is -2.22. The van der Waals surface area contributed by atoms with Crippen LogP contribution in [0.15, 0.2) is 54.6 Å². The van der Waals surface area contributed by atoms with Gasteiger partial charge >= 0.3 is 6.03 Å². The molecule has 2 N–H and O–H groups in total. The van der Waals surface area contributed by atoms with E-state index in [0.717, 1.165) is 28.0 Å². The number of hydrogen-bond donors (Lipinski definition) is 2. The van der Waals surface area contributed by atoms with Crippen LogP contribution in [0.5, 0.6) is 0 Å². The molecule has 1 saturated heterocycles. The number of rotatable bonds is 4. The van der Waals surface area contributed by atoms with Gasteiger partial charge in [-0.15, -0.1) is 0 Å². The molecule has 2 atom stereocenters. The van der Waals surface area contributed by atoms with E-state index < -0.39 is 11.6 Å². The van der Waals surface area contributed by atoms with Crippen LogP contribution in [0, 0.1) is 0 Å². The van der Waals surface area contributed by atoms with Crippen LogP contribution in [0.3, 0.4) is 0 Å². The molecule has 6 heteroatoms. The Hall–Kier alpha value is -3.15. The molecular formula is C21H21N3O3. The third-order valence-electron chi connectivity index (χ3n) is 5.40. The molecule has 2 aliphatic rings. The maximum absolute atomic E-state index is 13.1. The van der Waals surface area contributed by atoms with Crippen molar-refractivity contribution in [2.75, 3.05) is 6.54 Å². The highest BCUT2D eigenvalue weighted by atomic mass is 16.2. The Balaban J connectivity index is 1.48. The fourth-order valence-corrected chi connectivity index (χ4v) is 3.99. The van der Waals surface area contributed by atoms with E-state index in [-0.39, 0.29) is 24.4 Å². The first kappa shape index (κ1) is 17.3. The molecule has 0 radical (unpaired) electrons. The lowest BCUT2D eigenvalue weighted by molar-refractivity contribution is -0.135. The van der Waals surface area contributed by atoms with Gasteiger partial charge in [-0.25, -0.2) is 4.79 Å². The Labute approximate surface area is 157 Å². The van der Waals surface area contributed by atoms with Crippen LogP contribution < -0.4 is 10.6 Å². The van der Waals surface area contributed by atoms with Gasteiger partial charge in [0, 0.05) is 0 Å². The van der Waals surface area contributed by atoms with Crippen molar-refractivity contribution in [1.29, 1.82) is 0 Å². The molecule has 2 aromatic carbocycles. The van der Waals surface area contributed by atoms with Crippen LogP contribution in [0.25, 0.3) is 0 Å². The maximum Gasteiger partial charge on any atom is 0.325 e. The second-order valence-corrected chi connectivity index (χ2v) is 7.08. The first-order chi connectivity index (χ1) is 13.0. The predicted molar refractivity (Wildman–Crippen MR) is 99.7 cm³/mol. The predicted octanol–water partition coefficient (Wildman–Crippen LogP) is 2.26. The molecule has 27 heavy (non-hydrogen) atoms. The summed E-state index contributed by atoms with van der Waals surface area (Å²) in [4.78, 5) is 39.0. The van der Waals surface area contributed by atoms with Gasteiger partial charge in [-0.1, -0.05) is 54.6 Å². The van der Waals surface area contributed by atoms with Crippen molar-refractivity contribution in [3.8, 4) is 0 Å². The summed E-state index contributed by atoms with van der Waals surface area (Å²) in [6, 6.07) is 16.5. The van der Waals surface area contributed by atoms with Crippen molar-refractivity contribution < 1.29 is 14.4 Å². The van der Waals surface area contributed by atoms with Crippen LogP contribution in [0.4, 0.5) is 4.79 Å². The SMILES string of the molecule is C[C@@H](NC(=O)CN1C(=O)N[C@]2(CCc3ccccc32)C1=O)c1ccccc1. The molecule has 0 saturated carbocycles. The molecule has 138 valence electrons. The van der Waals surface area contributed by atoms with Crippen molar-refractivity contribution >= 4 is 17.8 Å². The van der Waals surface area contributed by atoms with Gasteiger partial charge in [0.1, 0.15) is 12.1 Å². The fraction of sp³-hybridized carbons (Fsp3) is 0.286. The zero-order valence-electron chi connectivity index (χ0n) is 15.1. The molecule has 1 heterocycles. The summed E-state index contributed by atoms with van der Waals surface area (Å²) in [6.45, 7) is 1.58. The first-order valence-electron chi connectivity index (χ1n) is 9.08. The minimum atomic E-state index is -1.03. The molecule has 2 aromatic rings. The zero-order valence-corrected chi connectivity index (χ0v) is 15.1. The highest BCUT2D eigenvalue weighted by Crippen LogP contribution is 2.41. The third-order valence-corrected chi connectivity index (χ3v) is 5.40. The highest BCUT2D eigenvalue weighted by molar-refractivity contribution is 6.09. The number of hydrogen-bond acceptors (Lipinski definition) is 3. The summed E-state index contributed by atoms with van der Waals surface area (Å²) in [7, 11) is 0. The molecule has 1 aliphatic heterocycles. The molecule has 1 fully saturated rings. The van der Waals surface area contributed by atoms with Gasteiger partial charge in [0.2, 0.25) is 5.91 Å². The van der Waals surface area contributed by atoms with Gasteiger partial charge < -0.3 is 10.6 Å². The number of amides is 4. The number of nitrogens with one attached hydrogen (secondary N) is 2. The van der Waals surface area contributed by atoms with Gasteiger partial charge in [-0.3, -0.25) is 14.5 Å². The molecule has 0 bridgehead atoms. The number of carbonyl (C=O) groups is 3. The number of imide groups is 1. The smallest absolute Gasteiger partial charge is 0.325 e. The van der Waals surface area contributed by atoms with E-state index in [1.54, 1.807) is 0 Å². The lowest BCUT2D eigenvalue weighted by Crippen LogP contribution is -2.44. The van der Waals surface area contributed by atoms with Gasteiger partial charge in [0.05, 0.1) is 6.04 Å². The summed E-state index contributed by atoms with van der Waals surface area (Å²) in [5.41, 5.74) is 1.84. The number of carbonyl (C=O) groups excluding carboxylic acids is 3.